The Morgan fingerprint density at radius 2 is 1.56 bits per heavy atom. The number of rotatable bonds is 7. The fourth-order valence-electron chi connectivity index (χ4n) is 4.22. The van der Waals surface area contributed by atoms with Crippen molar-refractivity contribution in [3.8, 4) is 18.1 Å². The maximum atomic E-state index is 12.5. The number of esters is 1. The molecule has 0 saturated heterocycles. The quantitative estimate of drug-likeness (QED) is 0.173. The second kappa shape index (κ2) is 10.7. The van der Waals surface area contributed by atoms with Gasteiger partial charge in [-0.25, -0.2) is 4.79 Å². The van der Waals surface area contributed by atoms with E-state index in [0.717, 1.165) is 24.0 Å². The highest BCUT2D eigenvalue weighted by atomic mass is 32.2. The van der Waals surface area contributed by atoms with Crippen LogP contribution in [0.1, 0.15) is 30.4 Å². The summed E-state index contributed by atoms with van der Waals surface area (Å²) in [6, 6.07) is 25.4. The Labute approximate surface area is 205 Å². The summed E-state index contributed by atoms with van der Waals surface area (Å²) in [6.45, 7) is 3.85. The minimum absolute atomic E-state index is 0.179. The van der Waals surface area contributed by atoms with Gasteiger partial charge in [0.05, 0.1) is 10.9 Å². The van der Waals surface area contributed by atoms with Gasteiger partial charge in [-0.15, -0.1) is 6.42 Å². The average Bonchev–Trinajstić information content (AvgIpc) is 2.85. The highest BCUT2D eigenvalue weighted by Crippen LogP contribution is 2.35. The van der Waals surface area contributed by atoms with E-state index in [9.17, 15) is 4.79 Å². The van der Waals surface area contributed by atoms with Crippen LogP contribution in [-0.4, -0.2) is 18.2 Å². The van der Waals surface area contributed by atoms with Crippen molar-refractivity contribution in [2.24, 2.45) is 0 Å². The average molecular weight is 470 g/mol. The first-order valence-corrected chi connectivity index (χ1v) is 12.7. The largest absolute Gasteiger partial charge is 0.481 e. The van der Waals surface area contributed by atoms with E-state index >= 15 is 0 Å². The summed E-state index contributed by atoms with van der Waals surface area (Å²) in [7, 11) is -0.245. The summed E-state index contributed by atoms with van der Waals surface area (Å²) in [5.74, 6) is 2.89. The number of carbonyl (C=O) groups is 1. The van der Waals surface area contributed by atoms with Crippen LogP contribution in [0.2, 0.25) is 0 Å². The normalized spacial score (nSPS) is 17.2. The monoisotopic (exact) mass is 469 g/mol. The molecule has 0 spiro atoms. The van der Waals surface area contributed by atoms with E-state index in [2.05, 4.69) is 66.6 Å². The zero-order valence-electron chi connectivity index (χ0n) is 19.6. The summed E-state index contributed by atoms with van der Waals surface area (Å²) < 4.78 is 11.6. The molecule has 0 amide bonds. The topological polar surface area (TPSA) is 35.5 Å². The van der Waals surface area contributed by atoms with Crippen molar-refractivity contribution in [3.63, 3.8) is 0 Å². The van der Waals surface area contributed by atoms with Gasteiger partial charge in [0.25, 0.3) is 0 Å². The van der Waals surface area contributed by atoms with E-state index in [1.54, 1.807) is 0 Å². The predicted molar refractivity (Wildman–Crippen MR) is 137 cm³/mol. The van der Waals surface area contributed by atoms with Crippen molar-refractivity contribution in [3.05, 3.63) is 96.1 Å². The first-order valence-electron chi connectivity index (χ1n) is 11.5. The van der Waals surface area contributed by atoms with Gasteiger partial charge in [-0.3, -0.25) is 0 Å². The molecule has 0 fully saturated rings. The van der Waals surface area contributed by atoms with Crippen LogP contribution in [0.25, 0.3) is 0 Å². The van der Waals surface area contributed by atoms with Crippen LogP contribution in [0, 0.1) is 26.2 Å². The lowest BCUT2D eigenvalue weighted by atomic mass is 9.92. The Morgan fingerprint density at radius 3 is 2.06 bits per heavy atom. The molecule has 0 heterocycles. The first-order chi connectivity index (χ1) is 16.5. The van der Waals surface area contributed by atoms with Crippen molar-refractivity contribution in [2.75, 3.05) is 6.61 Å². The summed E-state index contributed by atoms with van der Waals surface area (Å²) in [5, 5.41) is 0. The molecule has 0 N–H and O–H groups in total. The molecule has 1 aliphatic rings. The van der Waals surface area contributed by atoms with Crippen LogP contribution < -0.4 is 4.74 Å². The molecule has 0 aromatic heterocycles. The molecular formula is C30H29O3S+. The summed E-state index contributed by atoms with van der Waals surface area (Å²) >= 11 is 0. The van der Waals surface area contributed by atoms with E-state index in [0.29, 0.717) is 12.2 Å². The minimum Gasteiger partial charge on any atom is -0.481 e. The molecule has 0 radical (unpaired) electrons. The zero-order valence-corrected chi connectivity index (χ0v) is 20.4. The van der Waals surface area contributed by atoms with E-state index < -0.39 is 11.6 Å². The van der Waals surface area contributed by atoms with Crippen LogP contribution in [0.4, 0.5) is 0 Å². The summed E-state index contributed by atoms with van der Waals surface area (Å²) in [6.07, 6.45) is 11.9. The molecular weight excluding hydrogens is 440 g/mol. The maximum absolute atomic E-state index is 12.5. The Hall–Kier alpha value is -3.42. The molecule has 0 bridgehead atoms. The highest BCUT2D eigenvalue weighted by Gasteiger charge is 2.32. The molecule has 4 heteroatoms. The van der Waals surface area contributed by atoms with Gasteiger partial charge in [-0.2, -0.15) is 0 Å². The van der Waals surface area contributed by atoms with Crippen LogP contribution >= 0.6 is 0 Å². The third-order valence-electron chi connectivity index (χ3n) is 5.81. The molecule has 3 aromatic rings. The van der Waals surface area contributed by atoms with Crippen LogP contribution in [-0.2, 0) is 20.4 Å². The third-order valence-corrected chi connectivity index (χ3v) is 8.00. The number of ether oxygens (including phenoxy) is 2. The molecule has 1 aliphatic carbocycles. The molecule has 34 heavy (non-hydrogen) atoms. The second-order valence-electron chi connectivity index (χ2n) is 8.41. The Morgan fingerprint density at radius 1 is 0.971 bits per heavy atom. The molecule has 4 rings (SSSR count). The van der Waals surface area contributed by atoms with Gasteiger partial charge >= 0.3 is 5.97 Å². The molecule has 1 unspecified atom stereocenters. The van der Waals surface area contributed by atoms with Crippen molar-refractivity contribution >= 4 is 16.9 Å². The molecule has 172 valence electrons. The Balaban J connectivity index is 1.55. The van der Waals surface area contributed by atoms with Crippen molar-refractivity contribution < 1.29 is 14.3 Å². The molecule has 3 nitrogen and oxygen atoms in total. The number of carbonyl (C=O) groups excluding carboxylic acids is 1. The maximum Gasteiger partial charge on any atom is 0.345 e. The second-order valence-corrected chi connectivity index (χ2v) is 10.4. The van der Waals surface area contributed by atoms with E-state index in [4.69, 9.17) is 15.9 Å². The van der Waals surface area contributed by atoms with Crippen molar-refractivity contribution in [1.29, 1.82) is 0 Å². The van der Waals surface area contributed by atoms with Gasteiger partial charge in [0.2, 0.25) is 0 Å². The minimum atomic E-state index is -0.952. The lowest BCUT2D eigenvalue weighted by Crippen LogP contribution is -2.34. The van der Waals surface area contributed by atoms with Crippen molar-refractivity contribution in [1.82, 2.24) is 0 Å². The van der Waals surface area contributed by atoms with Crippen LogP contribution in [0.15, 0.2) is 99.6 Å². The molecule has 3 aromatic carbocycles. The Kier molecular flexibility index (Phi) is 7.45. The number of hydrogen-bond donors (Lipinski definition) is 0. The van der Waals surface area contributed by atoms with Crippen molar-refractivity contribution in [2.45, 2.75) is 53.4 Å². The summed E-state index contributed by atoms with van der Waals surface area (Å²) in [5.41, 5.74) is 1.01. The van der Waals surface area contributed by atoms with Gasteiger partial charge < -0.3 is 9.47 Å². The smallest absolute Gasteiger partial charge is 0.345 e. The van der Waals surface area contributed by atoms with Gasteiger partial charge in [0.15, 0.2) is 26.9 Å². The zero-order chi connectivity index (χ0) is 24.0. The lowest BCUT2D eigenvalue weighted by Gasteiger charge is -2.27. The van der Waals surface area contributed by atoms with Crippen LogP contribution in [0.5, 0.6) is 5.75 Å². The van der Waals surface area contributed by atoms with E-state index in [1.165, 1.54) is 14.7 Å². The predicted octanol–water partition coefficient (Wildman–Crippen LogP) is 6.43. The number of terminal acetylenes is 1. The molecule has 0 saturated carbocycles. The van der Waals surface area contributed by atoms with E-state index in [-0.39, 0.29) is 17.5 Å². The molecule has 1 atom stereocenters. The van der Waals surface area contributed by atoms with Gasteiger partial charge in [-0.1, -0.05) is 48.4 Å². The van der Waals surface area contributed by atoms with E-state index in [1.807, 2.05) is 38.1 Å². The third kappa shape index (κ3) is 5.38. The number of allylic oxidation sites excluding steroid dienone is 1. The highest BCUT2D eigenvalue weighted by molar-refractivity contribution is 7.97. The number of benzene rings is 3. The Bertz CT molecular complexity index is 1150. The standard InChI is InChI=1S/C30H29O3S/c1-4-30(18-12-7-13-19-30)33-28(31)22-32-29-23(2)20-27(21-24(29)3)34(25-14-8-5-9-15-25)26-16-10-6-11-17-26/h1,5-6,8-12,14-18,20-21H,7,13,19,22H2,2-3H3/q+1. The number of hydrogen-bond acceptors (Lipinski definition) is 3. The fraction of sp³-hybridized carbons (Fsp3) is 0.233. The van der Waals surface area contributed by atoms with Gasteiger partial charge in [-0.05, 0) is 68.2 Å². The number of aryl methyl sites for hydroxylation is 2. The first kappa shape index (κ1) is 23.7. The van der Waals surface area contributed by atoms with Crippen LogP contribution in [0.3, 0.4) is 0 Å². The fourth-order valence-corrected chi connectivity index (χ4v) is 6.48. The molecule has 0 aliphatic heterocycles. The van der Waals surface area contributed by atoms with Gasteiger partial charge in [0, 0.05) is 18.6 Å². The lowest BCUT2D eigenvalue weighted by molar-refractivity contribution is -0.154. The SMILES string of the molecule is C#CC1(OC(=O)COc2c(C)cc([S+](c3ccccc3)c3ccccc3)cc2C)C=CCCC1. The van der Waals surface area contributed by atoms with Gasteiger partial charge in [0.1, 0.15) is 5.75 Å². The summed E-state index contributed by atoms with van der Waals surface area (Å²) in [4.78, 5) is 16.3.